The fourth-order valence-corrected chi connectivity index (χ4v) is 1.60. The van der Waals surface area contributed by atoms with Gasteiger partial charge in [0.05, 0.1) is 12.3 Å². The lowest BCUT2D eigenvalue weighted by molar-refractivity contribution is 0.341. The molecule has 2 aromatic rings. The number of para-hydroxylation sites is 1. The van der Waals surface area contributed by atoms with Gasteiger partial charge in [-0.05, 0) is 19.1 Å². The van der Waals surface area contributed by atoms with Crippen LogP contribution in [0.2, 0.25) is 0 Å². The number of benzene rings is 1. The first-order valence-corrected chi connectivity index (χ1v) is 5.57. The maximum absolute atomic E-state index is 5.58. The Morgan fingerprint density at radius 3 is 2.82 bits per heavy atom. The van der Waals surface area contributed by atoms with Crippen LogP contribution in [0, 0.1) is 0 Å². The van der Waals surface area contributed by atoms with E-state index in [2.05, 4.69) is 15.3 Å². The van der Waals surface area contributed by atoms with Gasteiger partial charge in [-0.15, -0.1) is 0 Å². The summed E-state index contributed by atoms with van der Waals surface area (Å²) in [5, 5.41) is 3.00. The quantitative estimate of drug-likeness (QED) is 0.875. The smallest absolute Gasteiger partial charge is 0.129 e. The maximum Gasteiger partial charge on any atom is 0.129 e. The first kappa shape index (κ1) is 11.4. The normalized spacial score (nSPS) is 10.0. The minimum Gasteiger partial charge on any atom is -0.493 e. The molecular weight excluding hydrogens is 214 g/mol. The molecule has 0 bridgehead atoms. The minimum atomic E-state index is 0.640. The zero-order chi connectivity index (χ0) is 12.1. The van der Waals surface area contributed by atoms with Gasteiger partial charge in [0, 0.05) is 18.7 Å². The molecule has 0 aliphatic heterocycles. The fourth-order valence-electron chi connectivity index (χ4n) is 1.60. The summed E-state index contributed by atoms with van der Waals surface area (Å²) >= 11 is 0. The van der Waals surface area contributed by atoms with Gasteiger partial charge in [0.2, 0.25) is 0 Å². The molecule has 0 atom stereocenters. The van der Waals surface area contributed by atoms with Crippen LogP contribution < -0.4 is 10.1 Å². The molecule has 2 rings (SSSR count). The highest BCUT2D eigenvalue weighted by molar-refractivity contribution is 5.68. The molecule has 88 valence electrons. The van der Waals surface area contributed by atoms with E-state index in [-0.39, 0.29) is 0 Å². The van der Waals surface area contributed by atoms with Gasteiger partial charge in [0.25, 0.3) is 0 Å². The van der Waals surface area contributed by atoms with Crippen molar-refractivity contribution in [3.63, 3.8) is 0 Å². The second-order valence-electron chi connectivity index (χ2n) is 3.47. The first-order chi connectivity index (χ1) is 8.35. The Labute approximate surface area is 101 Å². The Morgan fingerprint density at radius 1 is 1.24 bits per heavy atom. The van der Waals surface area contributed by atoms with Crippen LogP contribution in [0.25, 0.3) is 11.3 Å². The number of rotatable bonds is 4. The largest absolute Gasteiger partial charge is 0.493 e. The average Bonchev–Trinajstić information content (AvgIpc) is 2.40. The molecular formula is C13H15N3O. The van der Waals surface area contributed by atoms with E-state index in [1.165, 1.54) is 0 Å². The Hall–Kier alpha value is -2.10. The van der Waals surface area contributed by atoms with Gasteiger partial charge in [-0.25, -0.2) is 9.97 Å². The van der Waals surface area contributed by atoms with E-state index in [1.54, 1.807) is 6.33 Å². The Morgan fingerprint density at radius 2 is 2.06 bits per heavy atom. The lowest BCUT2D eigenvalue weighted by Gasteiger charge is -2.09. The summed E-state index contributed by atoms with van der Waals surface area (Å²) in [5.41, 5.74) is 1.83. The number of hydrogen-bond acceptors (Lipinski definition) is 4. The summed E-state index contributed by atoms with van der Waals surface area (Å²) in [6.07, 6.45) is 1.55. The summed E-state index contributed by atoms with van der Waals surface area (Å²) in [4.78, 5) is 8.37. The van der Waals surface area contributed by atoms with E-state index in [0.29, 0.717) is 6.61 Å². The zero-order valence-corrected chi connectivity index (χ0v) is 9.97. The van der Waals surface area contributed by atoms with E-state index in [4.69, 9.17) is 4.74 Å². The second kappa shape index (κ2) is 5.30. The van der Waals surface area contributed by atoms with Gasteiger partial charge in [0.15, 0.2) is 0 Å². The number of aromatic nitrogens is 2. The van der Waals surface area contributed by atoms with Gasteiger partial charge in [-0.2, -0.15) is 0 Å². The van der Waals surface area contributed by atoms with Gasteiger partial charge >= 0.3 is 0 Å². The highest BCUT2D eigenvalue weighted by Gasteiger charge is 2.07. The molecule has 1 aromatic carbocycles. The lowest BCUT2D eigenvalue weighted by atomic mass is 10.1. The summed E-state index contributed by atoms with van der Waals surface area (Å²) in [7, 11) is 1.83. The standard InChI is InChI=1S/C13H15N3O/c1-3-17-12-7-5-4-6-10(12)11-8-13(14-2)16-9-15-11/h4-9H,3H2,1-2H3,(H,14,15,16). The Kier molecular flexibility index (Phi) is 3.55. The van der Waals surface area contributed by atoms with Crippen LogP contribution in [0.1, 0.15) is 6.92 Å². The fraction of sp³-hybridized carbons (Fsp3) is 0.231. The summed E-state index contributed by atoms with van der Waals surface area (Å²) in [5.74, 6) is 1.64. The van der Waals surface area contributed by atoms with Crippen LogP contribution in [0.5, 0.6) is 5.75 Å². The van der Waals surface area contributed by atoms with E-state index >= 15 is 0 Å². The molecule has 0 fully saturated rings. The lowest BCUT2D eigenvalue weighted by Crippen LogP contribution is -1.97. The van der Waals surface area contributed by atoms with E-state index in [9.17, 15) is 0 Å². The number of nitrogens with one attached hydrogen (secondary N) is 1. The monoisotopic (exact) mass is 229 g/mol. The van der Waals surface area contributed by atoms with Crippen LogP contribution >= 0.6 is 0 Å². The molecule has 4 heteroatoms. The van der Waals surface area contributed by atoms with Crippen LogP contribution in [0.3, 0.4) is 0 Å². The van der Waals surface area contributed by atoms with Gasteiger partial charge in [0.1, 0.15) is 17.9 Å². The molecule has 0 aliphatic carbocycles. The number of anilines is 1. The van der Waals surface area contributed by atoms with Crippen LogP contribution in [0.15, 0.2) is 36.7 Å². The van der Waals surface area contributed by atoms with Crippen molar-refractivity contribution >= 4 is 5.82 Å². The molecule has 0 unspecified atom stereocenters. The van der Waals surface area contributed by atoms with Crippen LogP contribution in [-0.4, -0.2) is 23.6 Å². The van der Waals surface area contributed by atoms with Crippen molar-refractivity contribution in [2.75, 3.05) is 19.0 Å². The SMILES string of the molecule is CCOc1ccccc1-c1cc(NC)ncn1. The molecule has 4 nitrogen and oxygen atoms in total. The molecule has 0 spiro atoms. The van der Waals surface area contributed by atoms with Crippen molar-refractivity contribution in [3.8, 4) is 17.0 Å². The van der Waals surface area contributed by atoms with Crippen molar-refractivity contribution in [1.82, 2.24) is 9.97 Å². The maximum atomic E-state index is 5.58. The Bertz CT molecular complexity index is 500. The highest BCUT2D eigenvalue weighted by atomic mass is 16.5. The number of ether oxygens (including phenoxy) is 1. The third kappa shape index (κ3) is 2.53. The summed E-state index contributed by atoms with van der Waals surface area (Å²) in [6.45, 7) is 2.61. The summed E-state index contributed by atoms with van der Waals surface area (Å²) in [6, 6.07) is 9.76. The topological polar surface area (TPSA) is 47.0 Å². The molecule has 0 radical (unpaired) electrons. The van der Waals surface area contributed by atoms with Crippen molar-refractivity contribution in [2.24, 2.45) is 0 Å². The third-order valence-corrected chi connectivity index (χ3v) is 2.39. The third-order valence-electron chi connectivity index (χ3n) is 2.39. The minimum absolute atomic E-state index is 0.640. The predicted octanol–water partition coefficient (Wildman–Crippen LogP) is 2.58. The molecule has 1 aromatic heterocycles. The van der Waals surface area contributed by atoms with Crippen molar-refractivity contribution in [1.29, 1.82) is 0 Å². The molecule has 17 heavy (non-hydrogen) atoms. The zero-order valence-electron chi connectivity index (χ0n) is 9.97. The number of nitrogens with zero attached hydrogens (tertiary/aromatic N) is 2. The second-order valence-corrected chi connectivity index (χ2v) is 3.47. The van der Waals surface area contributed by atoms with Crippen LogP contribution in [0.4, 0.5) is 5.82 Å². The van der Waals surface area contributed by atoms with Crippen LogP contribution in [-0.2, 0) is 0 Å². The molecule has 1 heterocycles. The van der Waals surface area contributed by atoms with Gasteiger partial charge in [-0.1, -0.05) is 12.1 Å². The van der Waals surface area contributed by atoms with E-state index in [1.807, 2.05) is 44.3 Å². The van der Waals surface area contributed by atoms with E-state index < -0.39 is 0 Å². The first-order valence-electron chi connectivity index (χ1n) is 5.57. The molecule has 0 aliphatic rings. The van der Waals surface area contributed by atoms with E-state index in [0.717, 1.165) is 22.8 Å². The molecule has 0 saturated heterocycles. The van der Waals surface area contributed by atoms with Gasteiger partial charge < -0.3 is 10.1 Å². The molecule has 0 amide bonds. The Balaban J connectivity index is 2.44. The highest BCUT2D eigenvalue weighted by Crippen LogP contribution is 2.28. The van der Waals surface area contributed by atoms with Crippen molar-refractivity contribution in [2.45, 2.75) is 6.92 Å². The van der Waals surface area contributed by atoms with Gasteiger partial charge in [-0.3, -0.25) is 0 Å². The summed E-state index contributed by atoms with van der Waals surface area (Å²) < 4.78 is 5.58. The number of hydrogen-bond donors (Lipinski definition) is 1. The average molecular weight is 229 g/mol. The van der Waals surface area contributed by atoms with Crippen molar-refractivity contribution < 1.29 is 4.74 Å². The molecule has 1 N–H and O–H groups in total. The molecule has 0 saturated carbocycles. The predicted molar refractivity (Wildman–Crippen MR) is 68.2 cm³/mol. The van der Waals surface area contributed by atoms with Crippen molar-refractivity contribution in [3.05, 3.63) is 36.7 Å².